The van der Waals surface area contributed by atoms with Gasteiger partial charge >= 0.3 is 0 Å². The van der Waals surface area contributed by atoms with Gasteiger partial charge in [0.1, 0.15) is 0 Å². The molecule has 1 N–H and O–H groups in total. The Hall–Kier alpha value is -0.0800. The molecule has 2 rings (SSSR count). The Morgan fingerprint density at radius 2 is 1.84 bits per heavy atom. The number of likely N-dealkylation sites (tertiary alicyclic amines) is 1. The van der Waals surface area contributed by atoms with E-state index in [2.05, 4.69) is 37.9 Å². The van der Waals surface area contributed by atoms with E-state index in [0.717, 1.165) is 18.0 Å². The summed E-state index contributed by atoms with van der Waals surface area (Å²) in [6, 6.07) is 1.55. The third kappa shape index (κ3) is 4.46. The van der Waals surface area contributed by atoms with Gasteiger partial charge in [-0.2, -0.15) is 0 Å². The first kappa shape index (κ1) is 15.3. The molecule has 2 aliphatic rings. The van der Waals surface area contributed by atoms with Gasteiger partial charge in [-0.05, 0) is 69.5 Å². The van der Waals surface area contributed by atoms with Gasteiger partial charge in [-0.3, -0.25) is 0 Å². The fourth-order valence-corrected chi connectivity index (χ4v) is 4.14. The van der Waals surface area contributed by atoms with Crippen LogP contribution in [-0.4, -0.2) is 36.6 Å². The van der Waals surface area contributed by atoms with Crippen LogP contribution < -0.4 is 5.32 Å². The highest BCUT2D eigenvalue weighted by molar-refractivity contribution is 4.89. The van der Waals surface area contributed by atoms with Gasteiger partial charge in [-0.1, -0.05) is 27.7 Å². The summed E-state index contributed by atoms with van der Waals surface area (Å²) < 4.78 is 0. The molecule has 0 radical (unpaired) electrons. The second-order valence-corrected chi connectivity index (χ2v) is 7.77. The number of rotatable bonds is 4. The minimum Gasteiger partial charge on any atom is -0.311 e. The highest BCUT2D eigenvalue weighted by Crippen LogP contribution is 2.38. The van der Waals surface area contributed by atoms with Crippen LogP contribution in [0.3, 0.4) is 0 Å². The monoisotopic (exact) mass is 266 g/mol. The smallest absolute Gasteiger partial charge is 0.00957 e. The van der Waals surface area contributed by atoms with Gasteiger partial charge in [0.2, 0.25) is 0 Å². The zero-order chi connectivity index (χ0) is 13.9. The van der Waals surface area contributed by atoms with Crippen LogP contribution in [0, 0.1) is 11.3 Å². The highest BCUT2D eigenvalue weighted by Gasteiger charge is 2.33. The van der Waals surface area contributed by atoms with E-state index < -0.39 is 0 Å². The lowest BCUT2D eigenvalue weighted by atomic mass is 9.70. The van der Waals surface area contributed by atoms with Crippen molar-refractivity contribution in [3.05, 3.63) is 0 Å². The maximum absolute atomic E-state index is 3.98. The maximum Gasteiger partial charge on any atom is 0.00957 e. The van der Waals surface area contributed by atoms with Crippen molar-refractivity contribution in [2.75, 3.05) is 19.6 Å². The molecule has 2 heteroatoms. The summed E-state index contributed by atoms with van der Waals surface area (Å²) in [5.74, 6) is 0.845. The van der Waals surface area contributed by atoms with Gasteiger partial charge in [0.15, 0.2) is 0 Å². The van der Waals surface area contributed by atoms with Crippen molar-refractivity contribution in [2.24, 2.45) is 11.3 Å². The van der Waals surface area contributed by atoms with Crippen LogP contribution in [0.5, 0.6) is 0 Å². The average Bonchev–Trinajstić information content (AvgIpc) is 2.35. The molecule has 2 fully saturated rings. The molecule has 1 aliphatic carbocycles. The fourth-order valence-electron chi connectivity index (χ4n) is 4.14. The standard InChI is InChI=1S/C17H34N2/c1-5-10-19-11-7-15(8-12-19)18-16-6-9-17(3,4)13-14(16)2/h14-16,18H,5-13H2,1-4H3. The summed E-state index contributed by atoms with van der Waals surface area (Å²) in [7, 11) is 0. The Labute approximate surface area is 120 Å². The number of hydrogen-bond acceptors (Lipinski definition) is 2. The number of hydrogen-bond donors (Lipinski definition) is 1. The first-order chi connectivity index (χ1) is 9.00. The van der Waals surface area contributed by atoms with Gasteiger partial charge in [-0.15, -0.1) is 0 Å². The van der Waals surface area contributed by atoms with Crippen LogP contribution in [0.15, 0.2) is 0 Å². The van der Waals surface area contributed by atoms with Crippen molar-refractivity contribution in [1.82, 2.24) is 10.2 Å². The van der Waals surface area contributed by atoms with Crippen molar-refractivity contribution in [3.8, 4) is 0 Å². The van der Waals surface area contributed by atoms with Crippen LogP contribution in [0.25, 0.3) is 0 Å². The molecular formula is C17H34N2. The first-order valence-corrected chi connectivity index (χ1v) is 8.48. The topological polar surface area (TPSA) is 15.3 Å². The van der Waals surface area contributed by atoms with Crippen LogP contribution in [0.2, 0.25) is 0 Å². The van der Waals surface area contributed by atoms with Crippen LogP contribution in [0.4, 0.5) is 0 Å². The van der Waals surface area contributed by atoms with Gasteiger partial charge in [0.05, 0.1) is 0 Å². The summed E-state index contributed by atoms with van der Waals surface area (Å²) in [6.45, 7) is 13.5. The molecular weight excluding hydrogens is 232 g/mol. The van der Waals surface area contributed by atoms with E-state index in [4.69, 9.17) is 0 Å². The van der Waals surface area contributed by atoms with E-state index in [1.165, 1.54) is 58.2 Å². The van der Waals surface area contributed by atoms with Gasteiger partial charge < -0.3 is 10.2 Å². The minimum atomic E-state index is 0.572. The van der Waals surface area contributed by atoms with Gasteiger partial charge in [0.25, 0.3) is 0 Å². The SMILES string of the molecule is CCCN1CCC(NC2CCC(C)(C)CC2C)CC1. The van der Waals surface area contributed by atoms with E-state index >= 15 is 0 Å². The predicted molar refractivity (Wildman–Crippen MR) is 83.5 cm³/mol. The molecule has 0 bridgehead atoms. The van der Waals surface area contributed by atoms with Crippen molar-refractivity contribution in [3.63, 3.8) is 0 Å². The molecule has 1 heterocycles. The Balaban J connectivity index is 1.74. The molecule has 1 saturated carbocycles. The zero-order valence-electron chi connectivity index (χ0n) is 13.5. The molecule has 1 aliphatic heterocycles. The lowest BCUT2D eigenvalue weighted by Crippen LogP contribution is -2.50. The van der Waals surface area contributed by atoms with E-state index in [1.54, 1.807) is 0 Å². The number of piperidine rings is 1. The first-order valence-electron chi connectivity index (χ1n) is 8.48. The van der Waals surface area contributed by atoms with Crippen molar-refractivity contribution in [2.45, 2.75) is 78.3 Å². The summed E-state index contributed by atoms with van der Waals surface area (Å²) in [5.41, 5.74) is 0.572. The molecule has 1 saturated heterocycles. The Morgan fingerprint density at radius 3 is 2.42 bits per heavy atom. The summed E-state index contributed by atoms with van der Waals surface area (Å²) >= 11 is 0. The Bertz CT molecular complexity index is 266. The van der Waals surface area contributed by atoms with E-state index in [9.17, 15) is 0 Å². The highest BCUT2D eigenvalue weighted by atomic mass is 15.1. The third-order valence-electron chi connectivity index (χ3n) is 5.27. The third-order valence-corrected chi connectivity index (χ3v) is 5.27. The van der Waals surface area contributed by atoms with Crippen LogP contribution in [-0.2, 0) is 0 Å². The van der Waals surface area contributed by atoms with E-state index in [0.29, 0.717) is 5.41 Å². The molecule has 0 aromatic heterocycles. The zero-order valence-corrected chi connectivity index (χ0v) is 13.5. The van der Waals surface area contributed by atoms with Crippen LogP contribution >= 0.6 is 0 Å². The largest absolute Gasteiger partial charge is 0.311 e. The normalized spacial score (nSPS) is 33.5. The molecule has 2 atom stereocenters. The molecule has 0 aromatic rings. The minimum absolute atomic E-state index is 0.572. The molecule has 112 valence electrons. The second kappa shape index (κ2) is 6.58. The molecule has 2 unspecified atom stereocenters. The molecule has 2 nitrogen and oxygen atoms in total. The van der Waals surface area contributed by atoms with Crippen molar-refractivity contribution < 1.29 is 0 Å². The molecule has 0 spiro atoms. The summed E-state index contributed by atoms with van der Waals surface area (Å²) in [5, 5.41) is 3.98. The lowest BCUT2D eigenvalue weighted by molar-refractivity contribution is 0.123. The summed E-state index contributed by atoms with van der Waals surface area (Å²) in [6.07, 6.45) is 8.17. The maximum atomic E-state index is 3.98. The van der Waals surface area contributed by atoms with Crippen molar-refractivity contribution in [1.29, 1.82) is 0 Å². The second-order valence-electron chi connectivity index (χ2n) is 7.77. The Kier molecular flexibility index (Phi) is 5.30. The van der Waals surface area contributed by atoms with E-state index in [-0.39, 0.29) is 0 Å². The lowest BCUT2D eigenvalue weighted by Gasteiger charge is -2.42. The molecule has 19 heavy (non-hydrogen) atoms. The van der Waals surface area contributed by atoms with Gasteiger partial charge in [0, 0.05) is 12.1 Å². The van der Waals surface area contributed by atoms with Crippen molar-refractivity contribution >= 4 is 0 Å². The fraction of sp³-hybridized carbons (Fsp3) is 1.00. The van der Waals surface area contributed by atoms with Crippen LogP contribution in [0.1, 0.15) is 66.2 Å². The van der Waals surface area contributed by atoms with E-state index in [1.807, 2.05) is 0 Å². The predicted octanol–water partition coefficient (Wildman–Crippen LogP) is 3.67. The molecule has 0 amide bonds. The quantitative estimate of drug-likeness (QED) is 0.835. The Morgan fingerprint density at radius 1 is 1.16 bits per heavy atom. The molecule has 0 aromatic carbocycles. The summed E-state index contributed by atoms with van der Waals surface area (Å²) in [4.78, 5) is 2.63. The number of nitrogens with one attached hydrogen (secondary N) is 1. The average molecular weight is 266 g/mol. The number of nitrogens with zero attached hydrogens (tertiary/aromatic N) is 1. The van der Waals surface area contributed by atoms with Gasteiger partial charge in [-0.25, -0.2) is 0 Å².